The molecule has 2 unspecified atom stereocenters. The monoisotopic (exact) mass is 244 g/mol. The Bertz CT molecular complexity index is 326. The molecule has 1 saturated heterocycles. The van der Waals surface area contributed by atoms with Crippen molar-refractivity contribution in [2.45, 2.75) is 19.4 Å². The summed E-state index contributed by atoms with van der Waals surface area (Å²) in [4.78, 5) is 3.78. The van der Waals surface area contributed by atoms with Crippen LogP contribution < -0.4 is 5.73 Å². The highest BCUT2D eigenvalue weighted by Crippen LogP contribution is 2.31. The van der Waals surface area contributed by atoms with E-state index in [1.54, 1.807) is 11.3 Å². The Hall–Kier alpha value is -0.0900. The maximum absolute atomic E-state index is 5.95. The fourth-order valence-corrected chi connectivity index (χ4v) is 3.43. The first-order chi connectivity index (χ1) is 7.20. The summed E-state index contributed by atoms with van der Waals surface area (Å²) in [5.41, 5.74) is 5.86. The molecule has 1 aliphatic rings. The molecule has 0 bridgehead atoms. The molecule has 15 heavy (non-hydrogen) atoms. The zero-order valence-corrected chi connectivity index (χ0v) is 10.5. The lowest BCUT2D eigenvalue weighted by Crippen LogP contribution is -2.31. The summed E-state index contributed by atoms with van der Waals surface area (Å²) in [6, 6.07) is 2.42. The van der Waals surface area contributed by atoms with Crippen molar-refractivity contribution in [1.29, 1.82) is 0 Å². The van der Waals surface area contributed by atoms with Gasteiger partial charge in [-0.15, -0.1) is 11.3 Å². The first kappa shape index (κ1) is 11.4. The van der Waals surface area contributed by atoms with E-state index in [9.17, 15) is 0 Å². The molecular weight excluding hydrogens is 228 g/mol. The number of rotatable bonds is 3. The largest absolute Gasteiger partial charge is 0.329 e. The average Bonchev–Trinajstić information content (AvgIpc) is 2.78. The van der Waals surface area contributed by atoms with E-state index in [2.05, 4.69) is 11.8 Å². The minimum Gasteiger partial charge on any atom is -0.329 e. The van der Waals surface area contributed by atoms with Gasteiger partial charge in [0.25, 0.3) is 0 Å². The lowest BCUT2D eigenvalue weighted by Gasteiger charge is -2.25. The SMILES string of the molecule is CC1CCN(C(CN)c2cc(Cl)cs2)C1. The van der Waals surface area contributed by atoms with Crippen molar-refractivity contribution in [1.82, 2.24) is 4.90 Å². The van der Waals surface area contributed by atoms with Gasteiger partial charge in [0.1, 0.15) is 0 Å². The van der Waals surface area contributed by atoms with Gasteiger partial charge in [-0.1, -0.05) is 18.5 Å². The molecule has 84 valence electrons. The number of halogens is 1. The summed E-state index contributed by atoms with van der Waals surface area (Å²) in [5, 5.41) is 2.82. The molecule has 0 aliphatic carbocycles. The van der Waals surface area contributed by atoms with E-state index in [0.717, 1.165) is 17.5 Å². The van der Waals surface area contributed by atoms with E-state index in [1.165, 1.54) is 17.8 Å². The summed E-state index contributed by atoms with van der Waals surface area (Å²) < 4.78 is 0. The number of hydrogen-bond acceptors (Lipinski definition) is 3. The molecule has 2 atom stereocenters. The summed E-state index contributed by atoms with van der Waals surface area (Å²) in [7, 11) is 0. The Kier molecular flexibility index (Phi) is 3.67. The van der Waals surface area contributed by atoms with Crippen molar-refractivity contribution < 1.29 is 0 Å². The van der Waals surface area contributed by atoms with Gasteiger partial charge in [-0.3, -0.25) is 4.90 Å². The minimum atomic E-state index is 0.368. The summed E-state index contributed by atoms with van der Waals surface area (Å²) in [6.07, 6.45) is 1.29. The second-order valence-corrected chi connectivity index (χ2v) is 5.69. The van der Waals surface area contributed by atoms with E-state index in [1.807, 2.05) is 11.4 Å². The highest BCUT2D eigenvalue weighted by atomic mass is 35.5. The lowest BCUT2D eigenvalue weighted by molar-refractivity contribution is 0.247. The van der Waals surface area contributed by atoms with Gasteiger partial charge in [-0.2, -0.15) is 0 Å². The molecule has 0 amide bonds. The third kappa shape index (κ3) is 2.53. The van der Waals surface area contributed by atoms with Gasteiger partial charge in [0.05, 0.1) is 11.1 Å². The minimum absolute atomic E-state index is 0.368. The van der Waals surface area contributed by atoms with Crippen LogP contribution >= 0.6 is 22.9 Å². The van der Waals surface area contributed by atoms with Crippen LogP contribution in [0.4, 0.5) is 0 Å². The van der Waals surface area contributed by atoms with Crippen molar-refractivity contribution in [3.8, 4) is 0 Å². The Morgan fingerprint density at radius 3 is 3.00 bits per heavy atom. The first-order valence-electron chi connectivity index (χ1n) is 5.38. The van der Waals surface area contributed by atoms with E-state index in [0.29, 0.717) is 12.6 Å². The van der Waals surface area contributed by atoms with Crippen LogP contribution in [0.3, 0.4) is 0 Å². The molecule has 0 saturated carbocycles. The Labute approximate surface area is 100 Å². The smallest absolute Gasteiger partial charge is 0.0564 e. The molecule has 0 aromatic carbocycles. The van der Waals surface area contributed by atoms with Gasteiger partial charge < -0.3 is 5.73 Å². The standard InChI is InChI=1S/C11H17ClN2S/c1-8-2-3-14(6-8)10(5-13)11-4-9(12)7-15-11/h4,7-8,10H,2-3,5-6,13H2,1H3. The third-order valence-corrected chi connectivity index (χ3v) is 4.42. The van der Waals surface area contributed by atoms with Crippen molar-refractivity contribution in [2.24, 2.45) is 11.7 Å². The maximum atomic E-state index is 5.95. The second kappa shape index (κ2) is 4.83. The van der Waals surface area contributed by atoms with E-state index < -0.39 is 0 Å². The maximum Gasteiger partial charge on any atom is 0.0564 e. The molecule has 1 aliphatic heterocycles. The molecule has 4 heteroatoms. The zero-order chi connectivity index (χ0) is 10.8. The zero-order valence-electron chi connectivity index (χ0n) is 8.95. The fraction of sp³-hybridized carbons (Fsp3) is 0.636. The first-order valence-corrected chi connectivity index (χ1v) is 6.64. The van der Waals surface area contributed by atoms with Crippen molar-refractivity contribution >= 4 is 22.9 Å². The average molecular weight is 245 g/mol. The van der Waals surface area contributed by atoms with E-state index in [4.69, 9.17) is 17.3 Å². The normalized spacial score (nSPS) is 24.6. The topological polar surface area (TPSA) is 29.3 Å². The van der Waals surface area contributed by atoms with Gasteiger partial charge in [-0.25, -0.2) is 0 Å². The van der Waals surface area contributed by atoms with Gasteiger partial charge in [0.2, 0.25) is 0 Å². The molecule has 2 heterocycles. The molecule has 1 fully saturated rings. The quantitative estimate of drug-likeness (QED) is 0.886. The third-order valence-electron chi connectivity index (χ3n) is 3.04. The van der Waals surface area contributed by atoms with Crippen molar-refractivity contribution in [3.63, 3.8) is 0 Å². The van der Waals surface area contributed by atoms with Crippen LogP contribution in [-0.2, 0) is 0 Å². The number of hydrogen-bond donors (Lipinski definition) is 1. The van der Waals surface area contributed by atoms with Gasteiger partial charge in [0.15, 0.2) is 0 Å². The van der Waals surface area contributed by atoms with E-state index >= 15 is 0 Å². The highest BCUT2D eigenvalue weighted by Gasteiger charge is 2.26. The molecule has 0 spiro atoms. The van der Waals surface area contributed by atoms with Crippen molar-refractivity contribution in [3.05, 3.63) is 21.3 Å². The molecule has 2 rings (SSSR count). The lowest BCUT2D eigenvalue weighted by atomic mass is 10.2. The molecule has 2 N–H and O–H groups in total. The summed E-state index contributed by atoms with van der Waals surface area (Å²) in [6.45, 7) is 5.31. The molecule has 2 nitrogen and oxygen atoms in total. The van der Waals surface area contributed by atoms with Crippen molar-refractivity contribution in [2.75, 3.05) is 19.6 Å². The fourth-order valence-electron chi connectivity index (χ4n) is 2.20. The Morgan fingerprint density at radius 1 is 1.73 bits per heavy atom. The van der Waals surface area contributed by atoms with Crippen LogP contribution in [0.1, 0.15) is 24.3 Å². The predicted octanol–water partition coefficient (Wildman–Crippen LogP) is 2.74. The van der Waals surface area contributed by atoms with Crippen LogP contribution in [-0.4, -0.2) is 24.5 Å². The number of likely N-dealkylation sites (tertiary alicyclic amines) is 1. The summed E-state index contributed by atoms with van der Waals surface area (Å²) in [5.74, 6) is 0.800. The molecule has 0 radical (unpaired) electrons. The molecular formula is C11H17ClN2S. The van der Waals surface area contributed by atoms with Crippen LogP contribution in [0.5, 0.6) is 0 Å². The Balaban J connectivity index is 2.10. The van der Waals surface area contributed by atoms with E-state index in [-0.39, 0.29) is 0 Å². The predicted molar refractivity (Wildman–Crippen MR) is 66.5 cm³/mol. The number of nitrogens with two attached hydrogens (primary N) is 1. The van der Waals surface area contributed by atoms with Crippen LogP contribution in [0.15, 0.2) is 11.4 Å². The highest BCUT2D eigenvalue weighted by molar-refractivity contribution is 7.10. The second-order valence-electron chi connectivity index (χ2n) is 4.31. The van der Waals surface area contributed by atoms with Crippen LogP contribution in [0, 0.1) is 5.92 Å². The van der Waals surface area contributed by atoms with Crippen LogP contribution in [0.25, 0.3) is 0 Å². The van der Waals surface area contributed by atoms with Gasteiger partial charge in [0, 0.05) is 23.3 Å². The van der Waals surface area contributed by atoms with Crippen LogP contribution in [0.2, 0.25) is 5.02 Å². The van der Waals surface area contributed by atoms with Gasteiger partial charge >= 0.3 is 0 Å². The number of thiophene rings is 1. The number of nitrogens with zero attached hydrogens (tertiary/aromatic N) is 1. The van der Waals surface area contributed by atoms with Gasteiger partial charge in [-0.05, 0) is 24.9 Å². The molecule has 1 aromatic rings. The Morgan fingerprint density at radius 2 is 2.53 bits per heavy atom. The summed E-state index contributed by atoms with van der Waals surface area (Å²) >= 11 is 7.66. The molecule has 1 aromatic heterocycles.